The molecule has 1 aromatic rings. The van der Waals surface area contributed by atoms with Gasteiger partial charge in [0.25, 0.3) is 5.69 Å². The summed E-state index contributed by atoms with van der Waals surface area (Å²) in [4.78, 5) is 10.5. The molecule has 1 aliphatic rings. The normalized spacial score (nSPS) is 26.4. The van der Waals surface area contributed by atoms with Crippen molar-refractivity contribution >= 4 is 27.3 Å². The number of anilines is 1. The molecule has 0 amide bonds. The monoisotopic (exact) mass is 330 g/mol. The third-order valence-electron chi connectivity index (χ3n) is 4.04. The molecule has 4 nitrogen and oxygen atoms in total. The van der Waals surface area contributed by atoms with Crippen LogP contribution in [-0.4, -0.2) is 11.0 Å². The topological polar surface area (TPSA) is 55.2 Å². The zero-order chi connectivity index (χ0) is 14.2. The lowest BCUT2D eigenvalue weighted by Crippen LogP contribution is -2.24. The molecule has 0 heterocycles. The number of halogens is 2. The smallest absolute Gasteiger partial charge is 0.293 e. The van der Waals surface area contributed by atoms with Crippen molar-refractivity contribution in [1.82, 2.24) is 0 Å². The predicted octanol–water partition coefficient (Wildman–Crippen LogP) is 4.34. The van der Waals surface area contributed by atoms with Gasteiger partial charge in [-0.2, -0.15) is 0 Å². The number of hydrogen-bond acceptors (Lipinski definition) is 3. The van der Waals surface area contributed by atoms with Crippen LogP contribution in [0.25, 0.3) is 0 Å². The molecule has 0 saturated heterocycles. The Balaban J connectivity index is 2.29. The van der Waals surface area contributed by atoms with E-state index in [-0.39, 0.29) is 21.9 Å². The lowest BCUT2D eigenvalue weighted by molar-refractivity contribution is -0.384. The van der Waals surface area contributed by atoms with E-state index in [1.54, 1.807) is 0 Å². The Bertz CT molecular complexity index is 510. The summed E-state index contributed by atoms with van der Waals surface area (Å²) in [6.45, 7) is 4.29. The fourth-order valence-electron chi connectivity index (χ4n) is 2.57. The largest absolute Gasteiger partial charge is 0.376 e. The van der Waals surface area contributed by atoms with Gasteiger partial charge < -0.3 is 5.32 Å². The average Bonchev–Trinajstić information content (AvgIpc) is 2.65. The summed E-state index contributed by atoms with van der Waals surface area (Å²) < 4.78 is 13.7. The van der Waals surface area contributed by atoms with Crippen molar-refractivity contribution in [2.45, 2.75) is 32.7 Å². The molecule has 2 rings (SSSR count). The maximum absolute atomic E-state index is 13.6. The van der Waals surface area contributed by atoms with Gasteiger partial charge in [-0.15, -0.1) is 0 Å². The molecule has 0 bridgehead atoms. The summed E-state index contributed by atoms with van der Waals surface area (Å²) in [7, 11) is 0. The fourth-order valence-corrected chi connectivity index (χ4v) is 2.90. The molecular weight excluding hydrogens is 315 g/mol. The Kier molecular flexibility index (Phi) is 4.08. The highest BCUT2D eigenvalue weighted by Gasteiger charge is 2.31. The number of nitrogens with one attached hydrogen (secondary N) is 1. The van der Waals surface area contributed by atoms with Gasteiger partial charge in [-0.05, 0) is 40.6 Å². The van der Waals surface area contributed by atoms with Crippen LogP contribution in [0.5, 0.6) is 0 Å². The standard InChI is InChI=1S/C13H16BrFN2O2/c1-7-3-4-11(8(7)2)16-12-6-10(15)9(14)5-13(12)17(18)19/h5-8,11,16H,3-4H2,1-2H3. The van der Waals surface area contributed by atoms with Crippen molar-refractivity contribution in [3.05, 3.63) is 32.5 Å². The van der Waals surface area contributed by atoms with Gasteiger partial charge in [0, 0.05) is 18.2 Å². The molecule has 1 aliphatic carbocycles. The van der Waals surface area contributed by atoms with Crippen LogP contribution in [-0.2, 0) is 0 Å². The van der Waals surface area contributed by atoms with Crippen LogP contribution in [0.2, 0.25) is 0 Å². The van der Waals surface area contributed by atoms with Crippen molar-refractivity contribution in [2.75, 3.05) is 5.32 Å². The zero-order valence-electron chi connectivity index (χ0n) is 10.8. The second-order valence-corrected chi connectivity index (χ2v) is 6.06. The lowest BCUT2D eigenvalue weighted by Gasteiger charge is -2.20. The number of hydrogen-bond donors (Lipinski definition) is 1. The van der Waals surface area contributed by atoms with E-state index in [4.69, 9.17) is 0 Å². The first-order chi connectivity index (χ1) is 8.90. The Morgan fingerprint density at radius 2 is 2.11 bits per heavy atom. The van der Waals surface area contributed by atoms with Crippen LogP contribution >= 0.6 is 15.9 Å². The minimum atomic E-state index is -0.494. The Labute approximate surface area is 119 Å². The van der Waals surface area contributed by atoms with Crippen LogP contribution in [0.15, 0.2) is 16.6 Å². The highest BCUT2D eigenvalue weighted by molar-refractivity contribution is 9.10. The third kappa shape index (κ3) is 2.88. The maximum atomic E-state index is 13.6. The first-order valence-corrected chi connectivity index (χ1v) is 7.09. The molecule has 1 fully saturated rings. The molecule has 1 saturated carbocycles. The predicted molar refractivity (Wildman–Crippen MR) is 75.7 cm³/mol. The van der Waals surface area contributed by atoms with E-state index < -0.39 is 10.7 Å². The molecule has 0 radical (unpaired) electrons. The van der Waals surface area contributed by atoms with Crippen molar-refractivity contribution in [3.63, 3.8) is 0 Å². The Morgan fingerprint density at radius 3 is 2.63 bits per heavy atom. The molecule has 6 heteroatoms. The van der Waals surface area contributed by atoms with Gasteiger partial charge in [0.1, 0.15) is 11.5 Å². The van der Waals surface area contributed by atoms with Crippen molar-refractivity contribution in [2.24, 2.45) is 11.8 Å². The molecule has 0 aliphatic heterocycles. The average molecular weight is 331 g/mol. The number of benzene rings is 1. The molecule has 1 N–H and O–H groups in total. The molecule has 3 atom stereocenters. The molecular formula is C13H16BrFN2O2. The summed E-state index contributed by atoms with van der Waals surface area (Å²) in [6, 6.07) is 2.56. The van der Waals surface area contributed by atoms with Gasteiger partial charge in [0.2, 0.25) is 0 Å². The highest BCUT2D eigenvalue weighted by Crippen LogP contribution is 2.37. The molecule has 0 spiro atoms. The number of nitro benzene ring substituents is 1. The number of nitro groups is 1. The van der Waals surface area contributed by atoms with E-state index in [9.17, 15) is 14.5 Å². The quantitative estimate of drug-likeness (QED) is 0.662. The summed E-state index contributed by atoms with van der Waals surface area (Å²) >= 11 is 2.98. The van der Waals surface area contributed by atoms with Gasteiger partial charge >= 0.3 is 0 Å². The van der Waals surface area contributed by atoms with Crippen molar-refractivity contribution in [3.8, 4) is 0 Å². The molecule has 3 unspecified atom stereocenters. The summed E-state index contributed by atoms with van der Waals surface area (Å²) in [5.74, 6) is 0.509. The van der Waals surface area contributed by atoms with Gasteiger partial charge in [0.15, 0.2) is 0 Å². The minimum Gasteiger partial charge on any atom is -0.376 e. The van der Waals surface area contributed by atoms with Crippen molar-refractivity contribution in [1.29, 1.82) is 0 Å². The van der Waals surface area contributed by atoms with E-state index in [0.29, 0.717) is 11.8 Å². The van der Waals surface area contributed by atoms with E-state index in [1.807, 2.05) is 0 Å². The van der Waals surface area contributed by atoms with Crippen LogP contribution in [0.1, 0.15) is 26.7 Å². The second kappa shape index (κ2) is 5.45. The Morgan fingerprint density at radius 1 is 1.42 bits per heavy atom. The first kappa shape index (κ1) is 14.2. The van der Waals surface area contributed by atoms with Gasteiger partial charge in [-0.1, -0.05) is 13.8 Å². The van der Waals surface area contributed by atoms with E-state index in [0.717, 1.165) is 12.8 Å². The van der Waals surface area contributed by atoms with Crippen LogP contribution in [0.4, 0.5) is 15.8 Å². The number of nitrogens with zero attached hydrogens (tertiary/aromatic N) is 1. The molecule has 104 valence electrons. The van der Waals surface area contributed by atoms with E-state index >= 15 is 0 Å². The fraction of sp³-hybridized carbons (Fsp3) is 0.538. The zero-order valence-corrected chi connectivity index (χ0v) is 12.4. The van der Waals surface area contributed by atoms with Crippen LogP contribution in [0, 0.1) is 27.8 Å². The van der Waals surface area contributed by atoms with E-state index in [1.165, 1.54) is 12.1 Å². The maximum Gasteiger partial charge on any atom is 0.293 e. The molecule has 1 aromatic carbocycles. The Hall–Kier alpha value is -1.17. The SMILES string of the molecule is CC1CCC(Nc2cc(F)c(Br)cc2[N+](=O)[O-])C1C. The third-order valence-corrected chi connectivity index (χ3v) is 4.65. The van der Waals surface area contributed by atoms with Gasteiger partial charge in [-0.25, -0.2) is 4.39 Å². The number of rotatable bonds is 3. The van der Waals surface area contributed by atoms with E-state index in [2.05, 4.69) is 35.1 Å². The van der Waals surface area contributed by atoms with Crippen LogP contribution in [0.3, 0.4) is 0 Å². The van der Waals surface area contributed by atoms with Gasteiger partial charge in [-0.3, -0.25) is 10.1 Å². The molecule has 0 aromatic heterocycles. The summed E-state index contributed by atoms with van der Waals surface area (Å²) in [5, 5.41) is 14.2. The van der Waals surface area contributed by atoms with Crippen LogP contribution < -0.4 is 5.32 Å². The second-order valence-electron chi connectivity index (χ2n) is 5.21. The highest BCUT2D eigenvalue weighted by atomic mass is 79.9. The van der Waals surface area contributed by atoms with Crippen molar-refractivity contribution < 1.29 is 9.31 Å². The van der Waals surface area contributed by atoms with Gasteiger partial charge in [0.05, 0.1) is 9.40 Å². The molecule has 19 heavy (non-hydrogen) atoms. The summed E-state index contributed by atoms with van der Waals surface area (Å²) in [6.07, 6.45) is 2.04. The minimum absolute atomic E-state index is 0.0972. The lowest BCUT2D eigenvalue weighted by atomic mass is 9.97. The first-order valence-electron chi connectivity index (χ1n) is 6.30. The summed E-state index contributed by atoms with van der Waals surface area (Å²) in [5.41, 5.74) is 0.164.